The summed E-state index contributed by atoms with van der Waals surface area (Å²) in [5, 5.41) is 0. The summed E-state index contributed by atoms with van der Waals surface area (Å²) in [5.41, 5.74) is 0.948. The highest BCUT2D eigenvalue weighted by molar-refractivity contribution is 5.77. The van der Waals surface area contributed by atoms with Gasteiger partial charge in [0.15, 0.2) is 0 Å². The van der Waals surface area contributed by atoms with E-state index in [9.17, 15) is 4.79 Å². The van der Waals surface area contributed by atoms with Crippen LogP contribution in [0.1, 0.15) is 105 Å². The van der Waals surface area contributed by atoms with Gasteiger partial charge in [0, 0.05) is 19.5 Å². The molecule has 3 saturated carbocycles. The Balaban J connectivity index is 1.50. The second kappa shape index (κ2) is 7.86. The molecule has 1 heterocycles. The van der Waals surface area contributed by atoms with Gasteiger partial charge in [-0.3, -0.25) is 4.79 Å². The van der Waals surface area contributed by atoms with E-state index in [0.29, 0.717) is 22.8 Å². The smallest absolute Gasteiger partial charge is 0.222 e. The summed E-state index contributed by atoms with van der Waals surface area (Å²) >= 11 is 0. The van der Waals surface area contributed by atoms with Crippen LogP contribution in [0.25, 0.3) is 0 Å². The molecule has 4 aliphatic rings. The molecule has 166 valence electrons. The molecule has 0 aromatic rings. The molecule has 2 nitrogen and oxygen atoms in total. The molecule has 1 aliphatic heterocycles. The molecule has 1 amide bonds. The van der Waals surface area contributed by atoms with Gasteiger partial charge >= 0.3 is 0 Å². The van der Waals surface area contributed by atoms with Gasteiger partial charge in [-0.2, -0.15) is 0 Å². The summed E-state index contributed by atoms with van der Waals surface area (Å²) in [4.78, 5) is 14.6. The standard InChI is InChI=1S/C27H47NO/c1-18(2)9-7-8-10-20-11-12-21-25-19(3)17-23-27(5,16-14-24(29)28(23)6)22(25)13-15-26(20,21)4/h18-23,25H,7-17H2,1-6H3/t19?,20?,21-,22+,23?,25-,26+,27+/m0/s1. The van der Waals surface area contributed by atoms with Gasteiger partial charge in [-0.1, -0.05) is 53.9 Å². The number of carbonyl (C=O) groups excluding carboxylic acids is 1. The fourth-order valence-electron chi connectivity index (χ4n) is 8.99. The Morgan fingerprint density at radius 2 is 1.76 bits per heavy atom. The van der Waals surface area contributed by atoms with E-state index < -0.39 is 0 Å². The van der Waals surface area contributed by atoms with Crippen molar-refractivity contribution in [3.63, 3.8) is 0 Å². The molecule has 29 heavy (non-hydrogen) atoms. The lowest BCUT2D eigenvalue weighted by Crippen LogP contribution is -2.63. The topological polar surface area (TPSA) is 20.3 Å². The minimum atomic E-state index is 0.358. The molecule has 0 spiro atoms. The molecular formula is C27H47NO. The number of carbonyl (C=O) groups is 1. The summed E-state index contributed by atoms with van der Waals surface area (Å²) in [6.07, 6.45) is 14.7. The Kier molecular flexibility index (Phi) is 5.88. The predicted octanol–water partition coefficient (Wildman–Crippen LogP) is 6.93. The van der Waals surface area contributed by atoms with Crippen molar-refractivity contribution in [1.82, 2.24) is 4.90 Å². The first-order valence-electron chi connectivity index (χ1n) is 12.9. The number of rotatable bonds is 5. The molecule has 2 heteroatoms. The van der Waals surface area contributed by atoms with Gasteiger partial charge in [0.1, 0.15) is 0 Å². The zero-order chi connectivity index (χ0) is 21.0. The maximum absolute atomic E-state index is 12.4. The summed E-state index contributed by atoms with van der Waals surface area (Å²) in [6.45, 7) is 12.5. The highest BCUT2D eigenvalue weighted by atomic mass is 16.2. The maximum atomic E-state index is 12.4. The van der Waals surface area contributed by atoms with Crippen molar-refractivity contribution in [2.24, 2.45) is 46.3 Å². The first-order valence-corrected chi connectivity index (χ1v) is 12.9. The molecule has 0 N–H and O–H groups in total. The van der Waals surface area contributed by atoms with Crippen molar-refractivity contribution in [1.29, 1.82) is 0 Å². The summed E-state index contributed by atoms with van der Waals surface area (Å²) in [6, 6.07) is 0.484. The van der Waals surface area contributed by atoms with Crippen LogP contribution >= 0.6 is 0 Å². The van der Waals surface area contributed by atoms with Gasteiger partial charge in [-0.25, -0.2) is 0 Å². The van der Waals surface area contributed by atoms with Crippen molar-refractivity contribution in [2.45, 2.75) is 111 Å². The van der Waals surface area contributed by atoms with Gasteiger partial charge in [-0.05, 0) is 91.3 Å². The molecule has 4 fully saturated rings. The molecule has 0 aromatic carbocycles. The van der Waals surface area contributed by atoms with E-state index in [1.165, 1.54) is 57.8 Å². The predicted molar refractivity (Wildman–Crippen MR) is 122 cm³/mol. The van der Waals surface area contributed by atoms with E-state index in [-0.39, 0.29) is 0 Å². The first kappa shape index (κ1) is 21.7. The van der Waals surface area contributed by atoms with Crippen LogP contribution in [-0.2, 0) is 4.79 Å². The number of amides is 1. The van der Waals surface area contributed by atoms with E-state index in [1.807, 2.05) is 0 Å². The van der Waals surface area contributed by atoms with Crippen LogP contribution in [0, 0.1) is 46.3 Å². The summed E-state index contributed by atoms with van der Waals surface area (Å²) in [5.74, 6) is 5.66. The fourth-order valence-corrected chi connectivity index (χ4v) is 8.99. The lowest BCUT2D eigenvalue weighted by Gasteiger charge is -2.63. The normalized spacial score (nSPS) is 47.1. The molecule has 1 saturated heterocycles. The van der Waals surface area contributed by atoms with Crippen molar-refractivity contribution in [3.05, 3.63) is 0 Å². The Morgan fingerprint density at radius 3 is 2.48 bits per heavy atom. The minimum Gasteiger partial charge on any atom is -0.342 e. The lowest BCUT2D eigenvalue weighted by molar-refractivity contribution is -0.166. The van der Waals surface area contributed by atoms with Crippen molar-refractivity contribution in [2.75, 3.05) is 7.05 Å². The van der Waals surface area contributed by atoms with Crippen molar-refractivity contribution < 1.29 is 4.79 Å². The second-order valence-electron chi connectivity index (χ2n) is 12.5. The lowest BCUT2D eigenvalue weighted by atomic mass is 9.44. The Morgan fingerprint density at radius 1 is 1.03 bits per heavy atom. The fraction of sp³-hybridized carbons (Fsp3) is 0.963. The van der Waals surface area contributed by atoms with Crippen LogP contribution in [0.15, 0.2) is 0 Å². The second-order valence-corrected chi connectivity index (χ2v) is 12.5. The van der Waals surface area contributed by atoms with Crippen LogP contribution < -0.4 is 0 Å². The zero-order valence-corrected chi connectivity index (χ0v) is 20.2. The molecule has 0 radical (unpaired) electrons. The van der Waals surface area contributed by atoms with Gasteiger partial charge in [0.25, 0.3) is 0 Å². The van der Waals surface area contributed by atoms with E-state index in [2.05, 4.69) is 46.6 Å². The molecule has 0 bridgehead atoms. The monoisotopic (exact) mass is 401 g/mol. The van der Waals surface area contributed by atoms with Crippen LogP contribution in [-0.4, -0.2) is 23.9 Å². The molecule has 4 rings (SSSR count). The van der Waals surface area contributed by atoms with Gasteiger partial charge in [0.2, 0.25) is 5.91 Å². The van der Waals surface area contributed by atoms with Crippen LogP contribution in [0.2, 0.25) is 0 Å². The van der Waals surface area contributed by atoms with Crippen molar-refractivity contribution >= 4 is 5.91 Å². The number of nitrogens with zero attached hydrogens (tertiary/aromatic N) is 1. The third-order valence-corrected chi connectivity index (χ3v) is 10.7. The minimum absolute atomic E-state index is 0.358. The number of likely N-dealkylation sites (tertiary alicyclic amines) is 1. The number of unbranched alkanes of at least 4 members (excludes halogenated alkanes) is 1. The Bertz CT molecular complexity index is 614. The molecule has 3 aliphatic carbocycles. The van der Waals surface area contributed by atoms with E-state index in [0.717, 1.165) is 48.3 Å². The molecule has 0 aromatic heterocycles. The van der Waals surface area contributed by atoms with Crippen LogP contribution in [0.3, 0.4) is 0 Å². The van der Waals surface area contributed by atoms with Gasteiger partial charge in [-0.15, -0.1) is 0 Å². The number of hydrogen-bond acceptors (Lipinski definition) is 1. The summed E-state index contributed by atoms with van der Waals surface area (Å²) in [7, 11) is 2.09. The Labute approximate surface area is 180 Å². The quantitative estimate of drug-likeness (QED) is 0.457. The SMILES string of the molecule is CC(C)CCCCC1CC[C@H]2[C@@H]3C(C)CC4N(C)C(=O)CC[C@]4(C)[C@@H]3CC[C@]12C. The number of piperidine rings is 1. The maximum Gasteiger partial charge on any atom is 0.222 e. The van der Waals surface area contributed by atoms with Crippen LogP contribution in [0.4, 0.5) is 0 Å². The number of hydrogen-bond donors (Lipinski definition) is 0. The average molecular weight is 402 g/mol. The van der Waals surface area contributed by atoms with E-state index >= 15 is 0 Å². The van der Waals surface area contributed by atoms with E-state index in [4.69, 9.17) is 0 Å². The zero-order valence-electron chi connectivity index (χ0n) is 20.2. The third kappa shape index (κ3) is 3.49. The van der Waals surface area contributed by atoms with E-state index in [1.54, 1.807) is 0 Å². The molecular weight excluding hydrogens is 354 g/mol. The number of fused-ring (bicyclic) bond motifs is 5. The summed E-state index contributed by atoms with van der Waals surface area (Å²) < 4.78 is 0. The highest BCUT2D eigenvalue weighted by Gasteiger charge is 2.62. The van der Waals surface area contributed by atoms with Gasteiger partial charge in [0.05, 0.1) is 0 Å². The van der Waals surface area contributed by atoms with Crippen LogP contribution in [0.5, 0.6) is 0 Å². The van der Waals surface area contributed by atoms with Crippen molar-refractivity contribution in [3.8, 4) is 0 Å². The average Bonchev–Trinajstić information content (AvgIpc) is 3.00. The van der Waals surface area contributed by atoms with Gasteiger partial charge < -0.3 is 4.90 Å². The largest absolute Gasteiger partial charge is 0.342 e. The molecule has 3 unspecified atom stereocenters. The molecule has 8 atom stereocenters. The Hall–Kier alpha value is -0.530. The first-order chi connectivity index (χ1) is 13.7. The third-order valence-electron chi connectivity index (χ3n) is 10.7. The highest BCUT2D eigenvalue weighted by Crippen LogP contribution is 2.67.